The molecule has 0 aliphatic heterocycles. The number of para-hydroxylation sites is 1. The van der Waals surface area contributed by atoms with Crippen molar-refractivity contribution in [3.05, 3.63) is 106 Å². The molecule has 0 saturated carbocycles. The van der Waals surface area contributed by atoms with E-state index in [1.807, 2.05) is 6.07 Å². The van der Waals surface area contributed by atoms with Crippen LogP contribution in [0.15, 0.2) is 78.9 Å². The summed E-state index contributed by atoms with van der Waals surface area (Å²) < 4.78 is 10.4. The van der Waals surface area contributed by atoms with Crippen molar-refractivity contribution >= 4 is 17.6 Å². The topological polar surface area (TPSA) is 95.7 Å². The van der Waals surface area contributed by atoms with E-state index in [0.29, 0.717) is 16.9 Å². The molecule has 140 valence electrons. The fraction of sp³-hybridized carbons (Fsp3) is 0.0476. The Morgan fingerprint density at radius 1 is 0.821 bits per heavy atom. The molecule has 0 aliphatic rings. The number of carbonyl (C=O) groups is 2. The van der Waals surface area contributed by atoms with E-state index in [1.54, 1.807) is 48.5 Å². The van der Waals surface area contributed by atoms with Crippen molar-refractivity contribution in [2.75, 3.05) is 0 Å². The number of non-ortho nitro benzene ring substituents is 1. The highest BCUT2D eigenvalue weighted by Gasteiger charge is 2.13. The number of hydrogen-bond donors (Lipinski definition) is 0. The molecular weight excluding hydrogens is 362 g/mol. The molecule has 28 heavy (non-hydrogen) atoms. The summed E-state index contributed by atoms with van der Waals surface area (Å²) in [4.78, 5) is 34.3. The van der Waals surface area contributed by atoms with Gasteiger partial charge in [0.25, 0.3) is 5.69 Å². The quantitative estimate of drug-likeness (QED) is 0.277. The molecule has 7 heteroatoms. The minimum absolute atomic E-state index is 0.0322. The number of hydrogen-bond acceptors (Lipinski definition) is 6. The lowest BCUT2D eigenvalue weighted by Crippen LogP contribution is -2.09. The third-order valence-electron chi connectivity index (χ3n) is 3.81. The summed E-state index contributed by atoms with van der Waals surface area (Å²) in [6.45, 7) is -0.0322. The molecule has 0 spiro atoms. The normalized spacial score (nSPS) is 10.1. The maximum Gasteiger partial charge on any atom is 0.343 e. The van der Waals surface area contributed by atoms with Gasteiger partial charge in [0.05, 0.1) is 16.1 Å². The molecule has 3 aromatic carbocycles. The van der Waals surface area contributed by atoms with Gasteiger partial charge >= 0.3 is 11.9 Å². The van der Waals surface area contributed by atoms with E-state index in [9.17, 15) is 19.7 Å². The van der Waals surface area contributed by atoms with Crippen LogP contribution >= 0.6 is 0 Å². The van der Waals surface area contributed by atoms with Gasteiger partial charge < -0.3 is 9.47 Å². The number of nitrogens with zero attached hydrogens (tertiary/aromatic N) is 1. The Kier molecular flexibility index (Phi) is 5.76. The third-order valence-corrected chi connectivity index (χ3v) is 3.81. The largest absolute Gasteiger partial charge is 0.457 e. The Bertz CT molecular complexity index is 999. The first-order valence-corrected chi connectivity index (χ1v) is 8.31. The first-order chi connectivity index (χ1) is 13.5. The molecule has 3 rings (SSSR count). The molecular formula is C21H15NO6. The Morgan fingerprint density at radius 2 is 1.54 bits per heavy atom. The Hall–Kier alpha value is -4.00. The summed E-state index contributed by atoms with van der Waals surface area (Å²) in [7, 11) is 0. The first kappa shape index (κ1) is 18.8. The lowest BCUT2D eigenvalue weighted by atomic mass is 10.1. The van der Waals surface area contributed by atoms with Crippen molar-refractivity contribution in [3.63, 3.8) is 0 Å². The van der Waals surface area contributed by atoms with Crippen molar-refractivity contribution in [2.45, 2.75) is 6.61 Å². The Morgan fingerprint density at radius 3 is 2.21 bits per heavy atom. The second-order valence-corrected chi connectivity index (χ2v) is 5.78. The average Bonchev–Trinajstić information content (AvgIpc) is 2.73. The summed E-state index contributed by atoms with van der Waals surface area (Å²) in [5.41, 5.74) is 0.931. The van der Waals surface area contributed by atoms with Crippen LogP contribution < -0.4 is 4.74 Å². The van der Waals surface area contributed by atoms with E-state index in [0.717, 1.165) is 6.07 Å². The van der Waals surface area contributed by atoms with Crippen molar-refractivity contribution in [2.24, 2.45) is 0 Å². The van der Waals surface area contributed by atoms with Crippen molar-refractivity contribution in [1.29, 1.82) is 0 Å². The van der Waals surface area contributed by atoms with Gasteiger partial charge in [-0.2, -0.15) is 0 Å². The maximum atomic E-state index is 12.1. The maximum absolute atomic E-state index is 12.1. The number of nitro groups is 1. The van der Waals surface area contributed by atoms with Crippen LogP contribution in [0.25, 0.3) is 0 Å². The number of ether oxygens (including phenoxy) is 2. The van der Waals surface area contributed by atoms with Crippen LogP contribution in [0.5, 0.6) is 5.75 Å². The van der Waals surface area contributed by atoms with Crippen molar-refractivity contribution in [1.82, 2.24) is 0 Å². The Labute approximate surface area is 160 Å². The SMILES string of the molecule is O=C(OCc1ccc(C(=O)Oc2ccccc2)cc1)c1cccc([N+](=O)[O-])c1. The van der Waals surface area contributed by atoms with Gasteiger partial charge in [0.15, 0.2) is 0 Å². The molecule has 0 aliphatic carbocycles. The van der Waals surface area contributed by atoms with Gasteiger partial charge in [0.2, 0.25) is 0 Å². The molecule has 0 heterocycles. The van der Waals surface area contributed by atoms with Crippen molar-refractivity contribution in [3.8, 4) is 5.75 Å². The van der Waals surface area contributed by atoms with E-state index in [4.69, 9.17) is 9.47 Å². The summed E-state index contributed by atoms with van der Waals surface area (Å²) in [5.74, 6) is -0.718. The number of rotatable bonds is 6. The van der Waals surface area contributed by atoms with Gasteiger partial charge in [-0.05, 0) is 35.9 Å². The predicted molar refractivity (Wildman–Crippen MR) is 100 cm³/mol. The molecule has 0 saturated heterocycles. The van der Waals surface area contributed by atoms with Crippen LogP contribution in [0.1, 0.15) is 26.3 Å². The highest BCUT2D eigenvalue weighted by atomic mass is 16.6. The fourth-order valence-electron chi connectivity index (χ4n) is 2.37. The van der Waals surface area contributed by atoms with E-state index in [1.165, 1.54) is 18.2 Å². The van der Waals surface area contributed by atoms with Crippen molar-refractivity contribution < 1.29 is 24.0 Å². The van der Waals surface area contributed by atoms with E-state index in [2.05, 4.69) is 0 Å². The predicted octanol–water partition coefficient (Wildman–Crippen LogP) is 4.17. The van der Waals surface area contributed by atoms with Gasteiger partial charge in [-0.1, -0.05) is 36.4 Å². The molecule has 0 N–H and O–H groups in total. The number of benzene rings is 3. The van der Waals surface area contributed by atoms with Gasteiger partial charge in [-0.15, -0.1) is 0 Å². The minimum atomic E-state index is -0.670. The van der Waals surface area contributed by atoms with E-state index < -0.39 is 16.9 Å². The summed E-state index contributed by atoms with van der Waals surface area (Å²) in [6.07, 6.45) is 0. The summed E-state index contributed by atoms with van der Waals surface area (Å²) in [6, 6.07) is 20.5. The molecule has 3 aromatic rings. The summed E-state index contributed by atoms with van der Waals surface area (Å²) in [5, 5.41) is 10.8. The highest BCUT2D eigenvalue weighted by Crippen LogP contribution is 2.16. The highest BCUT2D eigenvalue weighted by molar-refractivity contribution is 5.91. The fourth-order valence-corrected chi connectivity index (χ4v) is 2.37. The molecule has 0 bridgehead atoms. The van der Waals surface area contributed by atoms with Gasteiger partial charge in [-0.25, -0.2) is 9.59 Å². The standard InChI is InChI=1S/C21H15NO6/c23-20(17-5-4-6-18(13-17)22(25)26)27-14-15-9-11-16(12-10-15)21(24)28-19-7-2-1-3-8-19/h1-13H,14H2. The zero-order valence-electron chi connectivity index (χ0n) is 14.6. The number of esters is 2. The molecule has 0 atom stereocenters. The monoisotopic (exact) mass is 377 g/mol. The van der Waals surface area contributed by atoms with Crippen LogP contribution in [0.4, 0.5) is 5.69 Å². The smallest absolute Gasteiger partial charge is 0.343 e. The Balaban J connectivity index is 1.58. The van der Waals surface area contributed by atoms with Crippen LogP contribution in [0.2, 0.25) is 0 Å². The van der Waals surface area contributed by atoms with Gasteiger partial charge in [0.1, 0.15) is 12.4 Å². The second-order valence-electron chi connectivity index (χ2n) is 5.78. The van der Waals surface area contributed by atoms with Crippen LogP contribution in [0.3, 0.4) is 0 Å². The lowest BCUT2D eigenvalue weighted by Gasteiger charge is -2.07. The first-order valence-electron chi connectivity index (χ1n) is 8.31. The van der Waals surface area contributed by atoms with Gasteiger partial charge in [0, 0.05) is 12.1 Å². The molecule has 0 aromatic heterocycles. The lowest BCUT2D eigenvalue weighted by molar-refractivity contribution is -0.384. The second kappa shape index (κ2) is 8.59. The number of carbonyl (C=O) groups excluding carboxylic acids is 2. The molecule has 0 unspecified atom stereocenters. The van der Waals surface area contributed by atoms with E-state index >= 15 is 0 Å². The van der Waals surface area contributed by atoms with Crippen LogP contribution in [-0.2, 0) is 11.3 Å². The molecule has 7 nitrogen and oxygen atoms in total. The zero-order chi connectivity index (χ0) is 19.9. The van der Waals surface area contributed by atoms with Crippen LogP contribution in [0, 0.1) is 10.1 Å². The van der Waals surface area contributed by atoms with E-state index in [-0.39, 0.29) is 17.9 Å². The molecule has 0 fully saturated rings. The zero-order valence-corrected chi connectivity index (χ0v) is 14.6. The van der Waals surface area contributed by atoms with Crippen LogP contribution in [-0.4, -0.2) is 16.9 Å². The van der Waals surface area contributed by atoms with Gasteiger partial charge in [-0.3, -0.25) is 10.1 Å². The number of nitro benzene ring substituents is 1. The average molecular weight is 377 g/mol. The third kappa shape index (κ3) is 4.79. The molecule has 0 radical (unpaired) electrons. The minimum Gasteiger partial charge on any atom is -0.457 e. The summed E-state index contributed by atoms with van der Waals surface area (Å²) >= 11 is 0. The molecule has 0 amide bonds.